The third-order valence-electron chi connectivity index (χ3n) is 9.92. The van der Waals surface area contributed by atoms with E-state index < -0.39 is 0 Å². The molecule has 5 nitrogen and oxygen atoms in total. The molecule has 0 saturated carbocycles. The number of aryl methyl sites for hydroxylation is 1. The Bertz CT molecular complexity index is 2790. The van der Waals surface area contributed by atoms with E-state index in [1.165, 1.54) is 10.9 Å². The molecular formula is C49H31N5. The average molecular weight is 690 g/mol. The molecule has 0 fully saturated rings. The zero-order valence-electron chi connectivity index (χ0n) is 29.4. The zero-order valence-corrected chi connectivity index (χ0v) is 29.4. The molecule has 0 spiro atoms. The van der Waals surface area contributed by atoms with Gasteiger partial charge in [0.25, 0.3) is 0 Å². The van der Waals surface area contributed by atoms with E-state index in [1.54, 1.807) is 0 Å². The van der Waals surface area contributed by atoms with E-state index in [2.05, 4.69) is 101 Å². The van der Waals surface area contributed by atoms with Gasteiger partial charge in [0.15, 0.2) is 11.5 Å². The van der Waals surface area contributed by atoms with Gasteiger partial charge in [0.05, 0.1) is 46.3 Å². The molecule has 0 atom stereocenters. The van der Waals surface area contributed by atoms with Crippen molar-refractivity contribution in [2.45, 2.75) is 6.92 Å². The first kappa shape index (κ1) is 32.3. The third kappa shape index (κ3) is 5.77. The topological polar surface area (TPSA) is 58.9 Å². The van der Waals surface area contributed by atoms with Gasteiger partial charge in [-0.25, -0.2) is 14.8 Å². The van der Waals surface area contributed by atoms with Gasteiger partial charge in [-0.15, -0.1) is 0 Å². The largest absolute Gasteiger partial charge is 0.308 e. The Morgan fingerprint density at radius 2 is 1.09 bits per heavy atom. The molecule has 0 aliphatic heterocycles. The fraction of sp³-hybridized carbons (Fsp3) is 0.0204. The Hall–Kier alpha value is -7.60. The highest BCUT2D eigenvalue weighted by Crippen LogP contribution is 2.44. The molecule has 9 rings (SSSR count). The number of aromatic nitrogens is 3. The molecule has 54 heavy (non-hydrogen) atoms. The van der Waals surface area contributed by atoms with Crippen LogP contribution in [0.3, 0.4) is 0 Å². The van der Waals surface area contributed by atoms with Crippen LogP contribution < -0.4 is 0 Å². The van der Waals surface area contributed by atoms with Gasteiger partial charge in [0, 0.05) is 38.6 Å². The van der Waals surface area contributed by atoms with Gasteiger partial charge in [-0.1, -0.05) is 127 Å². The summed E-state index contributed by atoms with van der Waals surface area (Å²) in [6.07, 6.45) is 0. The van der Waals surface area contributed by atoms with Crippen LogP contribution in [0.2, 0.25) is 0 Å². The molecule has 5 heteroatoms. The van der Waals surface area contributed by atoms with Crippen molar-refractivity contribution >= 4 is 27.5 Å². The molecular weight excluding hydrogens is 659 g/mol. The Morgan fingerprint density at radius 1 is 0.537 bits per heavy atom. The molecule has 0 amide bonds. The van der Waals surface area contributed by atoms with Gasteiger partial charge in [-0.05, 0) is 66.6 Å². The molecule has 0 saturated heterocycles. The van der Waals surface area contributed by atoms with Crippen molar-refractivity contribution in [3.8, 4) is 67.9 Å². The summed E-state index contributed by atoms with van der Waals surface area (Å²) in [4.78, 5) is 14.1. The van der Waals surface area contributed by atoms with Crippen molar-refractivity contribution in [2.75, 3.05) is 0 Å². The molecule has 0 bridgehead atoms. The third-order valence-corrected chi connectivity index (χ3v) is 9.92. The molecule has 2 heterocycles. The van der Waals surface area contributed by atoms with Crippen molar-refractivity contribution in [1.82, 2.24) is 14.5 Å². The van der Waals surface area contributed by atoms with E-state index in [0.717, 1.165) is 72.4 Å². The Labute approximate surface area is 313 Å². The number of fused-ring (bicyclic) bond motifs is 3. The van der Waals surface area contributed by atoms with Crippen LogP contribution in [0.4, 0.5) is 5.69 Å². The van der Waals surface area contributed by atoms with Gasteiger partial charge in [-0.3, -0.25) is 0 Å². The van der Waals surface area contributed by atoms with E-state index in [-0.39, 0.29) is 0 Å². The van der Waals surface area contributed by atoms with Crippen LogP contribution in [-0.2, 0) is 0 Å². The van der Waals surface area contributed by atoms with Crippen LogP contribution in [0, 0.1) is 24.8 Å². The summed E-state index contributed by atoms with van der Waals surface area (Å²) in [7, 11) is 0. The van der Waals surface area contributed by atoms with Crippen LogP contribution in [-0.4, -0.2) is 14.5 Å². The number of rotatable bonds is 6. The summed E-state index contributed by atoms with van der Waals surface area (Å²) in [6, 6.07) is 59.8. The molecule has 0 radical (unpaired) electrons. The summed E-state index contributed by atoms with van der Waals surface area (Å²) in [5.41, 5.74) is 13.8. The van der Waals surface area contributed by atoms with Gasteiger partial charge >= 0.3 is 0 Å². The van der Waals surface area contributed by atoms with E-state index >= 15 is 0 Å². The number of nitriles is 1. The smallest absolute Gasteiger partial charge is 0.187 e. The summed E-state index contributed by atoms with van der Waals surface area (Å²) < 4.78 is 2.36. The van der Waals surface area contributed by atoms with Crippen LogP contribution in [0.5, 0.6) is 0 Å². The second-order valence-electron chi connectivity index (χ2n) is 13.3. The number of nitrogens with zero attached hydrogens (tertiary/aromatic N) is 5. The molecule has 2 aromatic heterocycles. The van der Waals surface area contributed by atoms with Crippen LogP contribution in [0.1, 0.15) is 11.1 Å². The minimum atomic E-state index is 0.572. The molecule has 0 aliphatic rings. The number of hydrogen-bond acceptors (Lipinski definition) is 3. The van der Waals surface area contributed by atoms with Gasteiger partial charge in [-0.2, -0.15) is 5.26 Å². The normalized spacial score (nSPS) is 11.0. The van der Waals surface area contributed by atoms with E-state index in [9.17, 15) is 5.26 Å². The maximum Gasteiger partial charge on any atom is 0.187 e. The lowest BCUT2D eigenvalue weighted by molar-refractivity contribution is 1.16. The van der Waals surface area contributed by atoms with Gasteiger partial charge in [0.2, 0.25) is 0 Å². The summed E-state index contributed by atoms with van der Waals surface area (Å²) >= 11 is 0. The lowest BCUT2D eigenvalue weighted by atomic mass is 9.92. The van der Waals surface area contributed by atoms with Crippen molar-refractivity contribution in [2.24, 2.45) is 0 Å². The van der Waals surface area contributed by atoms with E-state index in [4.69, 9.17) is 16.5 Å². The molecule has 0 aliphatic carbocycles. The fourth-order valence-electron chi connectivity index (χ4n) is 7.30. The van der Waals surface area contributed by atoms with Crippen molar-refractivity contribution in [1.29, 1.82) is 5.26 Å². The molecule has 7 aromatic carbocycles. The van der Waals surface area contributed by atoms with Gasteiger partial charge < -0.3 is 4.57 Å². The minimum absolute atomic E-state index is 0.572. The molecule has 9 aromatic rings. The number of hydrogen-bond donors (Lipinski definition) is 0. The quantitative estimate of drug-likeness (QED) is 0.163. The predicted octanol–water partition coefficient (Wildman–Crippen LogP) is 12.6. The second kappa shape index (κ2) is 13.5. The molecule has 0 N–H and O–H groups in total. The maximum atomic E-state index is 9.74. The molecule has 0 unspecified atom stereocenters. The van der Waals surface area contributed by atoms with Crippen molar-refractivity contribution in [3.05, 3.63) is 192 Å². The summed E-state index contributed by atoms with van der Waals surface area (Å²) in [5, 5.41) is 12.1. The average Bonchev–Trinajstić information content (AvgIpc) is 3.56. The SMILES string of the molecule is [C-]#[N+]c1ccc(-c2cc(-c3nc(-c4ccccc4)cc(-c4ccccc4)n3)cc(-c3ccc(C#N)cc3)c2-n2c3ccccc3c3cc(C)ccc32)cc1. The minimum Gasteiger partial charge on any atom is -0.308 e. The predicted molar refractivity (Wildman–Crippen MR) is 219 cm³/mol. The zero-order chi connectivity index (χ0) is 36.6. The standard InChI is InChI=1S/C49H31N5/c1-32-17-26-47-43(27-32)40-15-9-10-16-46(40)54(47)48-41(34-20-18-33(31-50)19-21-34)28-38(29-42(48)35-22-24-39(51-2)25-23-35)49-52-44(36-11-5-3-6-12-36)30-45(53-49)37-13-7-4-8-14-37/h3-30H,1H3. The van der Waals surface area contributed by atoms with Crippen molar-refractivity contribution in [3.63, 3.8) is 0 Å². The first-order valence-corrected chi connectivity index (χ1v) is 17.7. The lowest BCUT2D eigenvalue weighted by Crippen LogP contribution is -2.03. The van der Waals surface area contributed by atoms with Crippen LogP contribution >= 0.6 is 0 Å². The van der Waals surface area contributed by atoms with Crippen molar-refractivity contribution < 1.29 is 0 Å². The van der Waals surface area contributed by atoms with E-state index in [0.29, 0.717) is 17.1 Å². The fourth-order valence-corrected chi connectivity index (χ4v) is 7.30. The van der Waals surface area contributed by atoms with E-state index in [1.807, 2.05) is 91.0 Å². The first-order chi connectivity index (χ1) is 26.6. The first-order valence-electron chi connectivity index (χ1n) is 17.7. The summed E-state index contributed by atoms with van der Waals surface area (Å²) in [6.45, 7) is 9.79. The second-order valence-corrected chi connectivity index (χ2v) is 13.3. The Morgan fingerprint density at radius 3 is 1.69 bits per heavy atom. The highest BCUT2D eigenvalue weighted by molar-refractivity contribution is 6.11. The molecule has 252 valence electrons. The van der Waals surface area contributed by atoms with Crippen LogP contribution in [0.25, 0.3) is 88.5 Å². The highest BCUT2D eigenvalue weighted by atomic mass is 15.0. The Kier molecular flexibility index (Phi) is 8.08. The highest BCUT2D eigenvalue weighted by Gasteiger charge is 2.23. The maximum absolute atomic E-state index is 9.74. The van der Waals surface area contributed by atoms with Crippen LogP contribution in [0.15, 0.2) is 170 Å². The lowest BCUT2D eigenvalue weighted by Gasteiger charge is -2.21. The van der Waals surface area contributed by atoms with Gasteiger partial charge in [0.1, 0.15) is 0 Å². The Balaban J connectivity index is 1.42. The summed E-state index contributed by atoms with van der Waals surface area (Å²) in [5.74, 6) is 0.591. The number of benzene rings is 7. The number of para-hydroxylation sites is 1. The monoisotopic (exact) mass is 689 g/mol.